The Balaban J connectivity index is 1.52. The van der Waals surface area contributed by atoms with Crippen LogP contribution in [0.4, 0.5) is 13.2 Å². The molecule has 0 fully saturated rings. The number of carboxylic acid groups (broad SMARTS) is 1. The molecule has 0 unspecified atom stereocenters. The molecule has 8 heteroatoms. The van der Waals surface area contributed by atoms with Crippen molar-refractivity contribution in [1.29, 1.82) is 0 Å². The summed E-state index contributed by atoms with van der Waals surface area (Å²) in [5.41, 5.74) is 0.153. The van der Waals surface area contributed by atoms with E-state index >= 15 is 0 Å². The van der Waals surface area contributed by atoms with E-state index in [9.17, 15) is 27.9 Å². The largest absolute Gasteiger partial charge is 0.480 e. The molecule has 0 saturated carbocycles. The van der Waals surface area contributed by atoms with E-state index < -0.39 is 40.4 Å². The zero-order valence-corrected chi connectivity index (χ0v) is 26.3. The highest BCUT2D eigenvalue weighted by molar-refractivity contribution is 5.99. The number of nitrogens with one attached hydrogen (secondary N) is 1. The SMILES string of the molecule is Cc1cc(C(F)(F)F)c(-c2ccc(C[C@H](NC(c3ccccc3)(c3ccccc3)c3ccccc3)C(=O)O)c3ccccc23)c(=O)n1C. The Morgan fingerprint density at radius 2 is 1.23 bits per heavy atom. The van der Waals surface area contributed by atoms with Crippen LogP contribution in [0.25, 0.3) is 21.9 Å². The molecule has 0 amide bonds. The molecule has 0 aliphatic heterocycles. The van der Waals surface area contributed by atoms with Gasteiger partial charge in [-0.3, -0.25) is 14.9 Å². The molecule has 6 aromatic rings. The van der Waals surface area contributed by atoms with Crippen LogP contribution in [0.1, 0.15) is 33.5 Å². The average Bonchev–Trinajstić information content (AvgIpc) is 3.10. The fraction of sp³-hybridized carbons (Fsp3) is 0.150. The fourth-order valence-electron chi connectivity index (χ4n) is 6.56. The van der Waals surface area contributed by atoms with Gasteiger partial charge in [-0.15, -0.1) is 0 Å². The number of hydrogen-bond acceptors (Lipinski definition) is 3. The van der Waals surface area contributed by atoms with E-state index in [1.54, 1.807) is 30.3 Å². The van der Waals surface area contributed by atoms with E-state index in [1.165, 1.54) is 24.6 Å². The lowest BCUT2D eigenvalue weighted by molar-refractivity contribution is -0.140. The molecule has 0 spiro atoms. The summed E-state index contributed by atoms with van der Waals surface area (Å²) in [4.78, 5) is 26.5. The summed E-state index contributed by atoms with van der Waals surface area (Å²) in [6.45, 7) is 1.46. The summed E-state index contributed by atoms with van der Waals surface area (Å²) in [6, 6.07) is 38.7. The van der Waals surface area contributed by atoms with Gasteiger partial charge in [-0.1, -0.05) is 127 Å². The minimum absolute atomic E-state index is 0.00239. The lowest BCUT2D eigenvalue weighted by Gasteiger charge is -2.39. The van der Waals surface area contributed by atoms with Gasteiger partial charge >= 0.3 is 12.1 Å². The zero-order chi connectivity index (χ0) is 34.1. The van der Waals surface area contributed by atoms with Gasteiger partial charge in [0.15, 0.2) is 0 Å². The zero-order valence-electron chi connectivity index (χ0n) is 26.3. The van der Waals surface area contributed by atoms with Crippen LogP contribution in [0.15, 0.2) is 138 Å². The summed E-state index contributed by atoms with van der Waals surface area (Å²) < 4.78 is 44.2. The van der Waals surface area contributed by atoms with E-state index in [2.05, 4.69) is 5.32 Å². The minimum Gasteiger partial charge on any atom is -0.480 e. The number of aromatic nitrogens is 1. The number of rotatable bonds is 9. The van der Waals surface area contributed by atoms with Crippen molar-refractivity contribution >= 4 is 16.7 Å². The van der Waals surface area contributed by atoms with Crippen LogP contribution in [0.5, 0.6) is 0 Å². The normalized spacial score (nSPS) is 12.6. The first-order chi connectivity index (χ1) is 23.0. The molecule has 1 atom stereocenters. The molecule has 5 aromatic carbocycles. The molecule has 0 saturated heterocycles. The summed E-state index contributed by atoms with van der Waals surface area (Å²) in [7, 11) is 1.44. The van der Waals surface area contributed by atoms with E-state index in [1.807, 2.05) is 91.0 Å². The van der Waals surface area contributed by atoms with Gasteiger partial charge in [-0.05, 0) is 58.0 Å². The first-order valence-corrected chi connectivity index (χ1v) is 15.5. The lowest BCUT2D eigenvalue weighted by atomic mass is 9.76. The van der Waals surface area contributed by atoms with Crippen molar-refractivity contribution in [2.75, 3.05) is 0 Å². The van der Waals surface area contributed by atoms with Gasteiger partial charge in [0, 0.05) is 12.7 Å². The Morgan fingerprint density at radius 1 is 0.750 bits per heavy atom. The summed E-state index contributed by atoms with van der Waals surface area (Å²) in [5, 5.41) is 15.2. The highest BCUT2D eigenvalue weighted by Crippen LogP contribution is 2.40. The maximum Gasteiger partial charge on any atom is 0.417 e. The van der Waals surface area contributed by atoms with Crippen LogP contribution >= 0.6 is 0 Å². The second kappa shape index (κ2) is 13.0. The van der Waals surface area contributed by atoms with Crippen LogP contribution in [-0.4, -0.2) is 21.7 Å². The van der Waals surface area contributed by atoms with E-state index in [0.717, 1.165) is 22.8 Å². The van der Waals surface area contributed by atoms with Gasteiger partial charge in [0.05, 0.1) is 16.7 Å². The monoisotopic (exact) mass is 646 g/mol. The highest BCUT2D eigenvalue weighted by atomic mass is 19.4. The van der Waals surface area contributed by atoms with Crippen LogP contribution in [0.2, 0.25) is 0 Å². The van der Waals surface area contributed by atoms with Crippen LogP contribution in [0, 0.1) is 6.92 Å². The van der Waals surface area contributed by atoms with Crippen LogP contribution in [-0.2, 0) is 30.0 Å². The van der Waals surface area contributed by atoms with Gasteiger partial charge in [-0.2, -0.15) is 13.2 Å². The molecular formula is C40H33F3N2O3. The van der Waals surface area contributed by atoms with Crippen molar-refractivity contribution < 1.29 is 23.1 Å². The van der Waals surface area contributed by atoms with Crippen molar-refractivity contribution in [3.05, 3.63) is 177 Å². The first-order valence-electron chi connectivity index (χ1n) is 15.5. The van der Waals surface area contributed by atoms with Crippen LogP contribution < -0.4 is 10.9 Å². The number of aliphatic carboxylic acids is 1. The summed E-state index contributed by atoms with van der Waals surface area (Å²) in [5.74, 6) is -1.10. The number of carbonyl (C=O) groups is 1. The van der Waals surface area contributed by atoms with Gasteiger partial charge in [0.2, 0.25) is 0 Å². The Bertz CT molecular complexity index is 2050. The number of fused-ring (bicyclic) bond motifs is 1. The van der Waals surface area contributed by atoms with E-state index in [0.29, 0.717) is 16.3 Å². The quantitative estimate of drug-likeness (QED) is 0.156. The minimum atomic E-state index is -4.76. The summed E-state index contributed by atoms with van der Waals surface area (Å²) >= 11 is 0. The van der Waals surface area contributed by atoms with Gasteiger partial charge in [0.1, 0.15) is 6.04 Å². The number of aryl methyl sites for hydroxylation is 1. The molecule has 0 aliphatic rings. The highest BCUT2D eigenvalue weighted by Gasteiger charge is 2.40. The molecule has 1 heterocycles. The molecular weight excluding hydrogens is 613 g/mol. The second-order valence-corrected chi connectivity index (χ2v) is 11.8. The molecule has 5 nitrogen and oxygen atoms in total. The third-order valence-electron chi connectivity index (χ3n) is 8.99. The standard InChI is InChI=1S/C40H33F3N2O3/c1-26-24-34(40(41,42)43)36(37(46)45(26)2)33-23-22-27(31-20-12-13-21-32(31)33)25-35(38(47)48)44-39(28-14-6-3-7-15-28,29-16-8-4-9-17-29)30-18-10-5-11-19-30/h3-24,35,44H,25H2,1-2H3,(H,47,48)/t35-/m0/s1. The predicted molar refractivity (Wildman–Crippen MR) is 182 cm³/mol. The Kier molecular flexibility index (Phi) is 8.77. The molecule has 1 aromatic heterocycles. The van der Waals surface area contributed by atoms with Crippen molar-refractivity contribution in [2.24, 2.45) is 7.05 Å². The molecule has 0 radical (unpaired) electrons. The van der Waals surface area contributed by atoms with Gasteiger partial charge in [-0.25, -0.2) is 0 Å². The Hall–Kier alpha value is -5.47. The lowest BCUT2D eigenvalue weighted by Crippen LogP contribution is -2.53. The average molecular weight is 647 g/mol. The molecule has 6 rings (SSSR count). The number of carboxylic acids is 1. The van der Waals surface area contributed by atoms with Crippen molar-refractivity contribution in [3.8, 4) is 11.1 Å². The number of halogens is 3. The topological polar surface area (TPSA) is 71.3 Å². The second-order valence-electron chi connectivity index (χ2n) is 11.8. The number of benzene rings is 5. The number of pyridine rings is 1. The third-order valence-corrected chi connectivity index (χ3v) is 8.99. The van der Waals surface area contributed by atoms with Crippen molar-refractivity contribution in [1.82, 2.24) is 9.88 Å². The Labute approximate surface area is 275 Å². The van der Waals surface area contributed by atoms with Gasteiger partial charge < -0.3 is 9.67 Å². The molecule has 0 bridgehead atoms. The Morgan fingerprint density at radius 3 is 1.71 bits per heavy atom. The van der Waals surface area contributed by atoms with Crippen molar-refractivity contribution in [2.45, 2.75) is 31.1 Å². The fourth-order valence-corrected chi connectivity index (χ4v) is 6.56. The predicted octanol–water partition coefficient (Wildman–Crippen LogP) is 8.11. The molecule has 2 N–H and O–H groups in total. The first kappa shape index (κ1) is 32.5. The maximum atomic E-state index is 14.3. The number of nitrogens with zero attached hydrogens (tertiary/aromatic N) is 1. The molecule has 242 valence electrons. The van der Waals surface area contributed by atoms with E-state index in [4.69, 9.17) is 0 Å². The summed E-state index contributed by atoms with van der Waals surface area (Å²) in [6.07, 6.45) is -4.76. The third kappa shape index (κ3) is 5.91. The number of hydrogen-bond donors (Lipinski definition) is 2. The number of alkyl halides is 3. The van der Waals surface area contributed by atoms with Crippen molar-refractivity contribution in [3.63, 3.8) is 0 Å². The van der Waals surface area contributed by atoms with E-state index in [-0.39, 0.29) is 17.7 Å². The van der Waals surface area contributed by atoms with Gasteiger partial charge in [0.25, 0.3) is 5.56 Å². The smallest absolute Gasteiger partial charge is 0.417 e. The van der Waals surface area contributed by atoms with Crippen LogP contribution in [0.3, 0.4) is 0 Å². The molecule has 0 aliphatic carbocycles. The maximum absolute atomic E-state index is 14.3. The molecule has 48 heavy (non-hydrogen) atoms.